The molecular formula is C10H15N3O. The second-order valence-corrected chi connectivity index (χ2v) is 4.02. The van der Waals surface area contributed by atoms with Gasteiger partial charge in [-0.2, -0.15) is 0 Å². The lowest BCUT2D eigenvalue weighted by Gasteiger charge is -2.10. The van der Waals surface area contributed by atoms with E-state index in [9.17, 15) is 4.79 Å². The molecule has 1 aliphatic carbocycles. The number of hydrogen-bond donors (Lipinski definition) is 1. The summed E-state index contributed by atoms with van der Waals surface area (Å²) in [6, 6.07) is 0.656. The molecule has 0 radical (unpaired) electrons. The van der Waals surface area contributed by atoms with Crippen LogP contribution in [0.4, 0.5) is 5.82 Å². The van der Waals surface area contributed by atoms with Crippen molar-refractivity contribution in [3.63, 3.8) is 0 Å². The summed E-state index contributed by atoms with van der Waals surface area (Å²) in [7, 11) is 0. The zero-order valence-corrected chi connectivity index (χ0v) is 8.53. The van der Waals surface area contributed by atoms with Crippen LogP contribution >= 0.6 is 0 Å². The van der Waals surface area contributed by atoms with Gasteiger partial charge in [0, 0.05) is 24.5 Å². The fourth-order valence-corrected chi connectivity index (χ4v) is 1.44. The molecule has 1 fully saturated rings. The maximum atomic E-state index is 11.8. The lowest BCUT2D eigenvalue weighted by molar-refractivity contribution is 0.696. The van der Waals surface area contributed by atoms with Gasteiger partial charge in [0.15, 0.2) is 5.82 Å². The Morgan fingerprint density at radius 1 is 1.57 bits per heavy atom. The Labute approximate surface area is 83.0 Å². The zero-order chi connectivity index (χ0) is 10.1. The molecule has 0 aliphatic heterocycles. The van der Waals surface area contributed by atoms with E-state index in [1.165, 1.54) is 0 Å². The van der Waals surface area contributed by atoms with Crippen molar-refractivity contribution in [2.45, 2.75) is 38.8 Å². The normalized spacial score (nSPS) is 15.9. The molecule has 0 aromatic carbocycles. The van der Waals surface area contributed by atoms with Gasteiger partial charge in [-0.25, -0.2) is 4.98 Å². The van der Waals surface area contributed by atoms with Crippen molar-refractivity contribution in [1.29, 1.82) is 0 Å². The van der Waals surface area contributed by atoms with Crippen LogP contribution in [0.5, 0.6) is 0 Å². The van der Waals surface area contributed by atoms with Gasteiger partial charge >= 0.3 is 0 Å². The minimum Gasteiger partial charge on any atom is -0.363 e. The molecule has 0 amide bonds. The Morgan fingerprint density at radius 3 is 2.86 bits per heavy atom. The van der Waals surface area contributed by atoms with E-state index in [4.69, 9.17) is 0 Å². The van der Waals surface area contributed by atoms with Crippen LogP contribution in [0.2, 0.25) is 0 Å². The zero-order valence-electron chi connectivity index (χ0n) is 8.53. The average Bonchev–Trinajstić information content (AvgIpc) is 2.91. The molecule has 0 bridgehead atoms. The van der Waals surface area contributed by atoms with E-state index in [0.29, 0.717) is 11.9 Å². The summed E-state index contributed by atoms with van der Waals surface area (Å²) in [5.41, 5.74) is 0.00343. The molecule has 76 valence electrons. The molecule has 1 saturated carbocycles. The van der Waals surface area contributed by atoms with E-state index in [0.717, 1.165) is 12.8 Å². The maximum Gasteiger partial charge on any atom is 0.293 e. The molecule has 0 unspecified atom stereocenters. The fourth-order valence-electron chi connectivity index (χ4n) is 1.44. The molecule has 14 heavy (non-hydrogen) atoms. The van der Waals surface area contributed by atoms with E-state index >= 15 is 0 Å². The molecule has 1 N–H and O–H groups in total. The highest BCUT2D eigenvalue weighted by molar-refractivity contribution is 5.32. The number of nitrogens with one attached hydrogen (secondary N) is 1. The van der Waals surface area contributed by atoms with Crippen molar-refractivity contribution in [3.8, 4) is 0 Å². The molecule has 4 heteroatoms. The van der Waals surface area contributed by atoms with Crippen LogP contribution < -0.4 is 10.9 Å². The minimum atomic E-state index is 0.00343. The predicted octanol–water partition coefficient (Wildman–Crippen LogP) is 1.40. The van der Waals surface area contributed by atoms with Crippen molar-refractivity contribution in [2.24, 2.45) is 0 Å². The molecule has 1 aromatic heterocycles. The lowest BCUT2D eigenvalue weighted by Crippen LogP contribution is -2.26. The van der Waals surface area contributed by atoms with Crippen molar-refractivity contribution >= 4 is 5.82 Å². The molecule has 0 atom stereocenters. The van der Waals surface area contributed by atoms with Gasteiger partial charge in [-0.3, -0.25) is 4.79 Å². The average molecular weight is 193 g/mol. The van der Waals surface area contributed by atoms with Crippen LogP contribution in [-0.4, -0.2) is 15.6 Å². The monoisotopic (exact) mass is 193 g/mol. The van der Waals surface area contributed by atoms with Gasteiger partial charge in [0.1, 0.15) is 0 Å². The molecule has 1 aliphatic rings. The van der Waals surface area contributed by atoms with Crippen LogP contribution in [-0.2, 0) is 0 Å². The van der Waals surface area contributed by atoms with E-state index in [1.54, 1.807) is 17.0 Å². The summed E-state index contributed by atoms with van der Waals surface area (Å²) in [5.74, 6) is 0.467. The van der Waals surface area contributed by atoms with Crippen molar-refractivity contribution < 1.29 is 0 Å². The second kappa shape index (κ2) is 3.44. The third-order valence-corrected chi connectivity index (χ3v) is 2.23. The van der Waals surface area contributed by atoms with Crippen molar-refractivity contribution in [1.82, 2.24) is 9.55 Å². The van der Waals surface area contributed by atoms with E-state index < -0.39 is 0 Å². The van der Waals surface area contributed by atoms with Gasteiger partial charge < -0.3 is 9.88 Å². The van der Waals surface area contributed by atoms with E-state index in [1.807, 2.05) is 13.8 Å². The molecule has 4 nitrogen and oxygen atoms in total. The highest BCUT2D eigenvalue weighted by atomic mass is 16.1. The van der Waals surface area contributed by atoms with Gasteiger partial charge in [-0.1, -0.05) is 0 Å². The van der Waals surface area contributed by atoms with Gasteiger partial charge in [0.05, 0.1) is 0 Å². The minimum absolute atomic E-state index is 0.00343. The second-order valence-electron chi connectivity index (χ2n) is 4.02. The highest BCUT2D eigenvalue weighted by Crippen LogP contribution is 2.33. The molecule has 2 rings (SSSR count). The topological polar surface area (TPSA) is 46.9 Å². The predicted molar refractivity (Wildman–Crippen MR) is 55.5 cm³/mol. The van der Waals surface area contributed by atoms with Crippen LogP contribution in [0.25, 0.3) is 0 Å². The van der Waals surface area contributed by atoms with E-state index in [-0.39, 0.29) is 11.6 Å². The molecular weight excluding hydrogens is 178 g/mol. The first-order valence-electron chi connectivity index (χ1n) is 5.02. The first-order valence-corrected chi connectivity index (χ1v) is 5.02. The SMILES string of the molecule is CC(C)Nc1nccn(C2CC2)c1=O. The summed E-state index contributed by atoms with van der Waals surface area (Å²) >= 11 is 0. The largest absolute Gasteiger partial charge is 0.363 e. The van der Waals surface area contributed by atoms with Crippen LogP contribution in [0.1, 0.15) is 32.7 Å². The number of anilines is 1. The third kappa shape index (κ3) is 1.78. The quantitative estimate of drug-likeness (QED) is 0.789. The van der Waals surface area contributed by atoms with Crippen molar-refractivity contribution in [2.75, 3.05) is 5.32 Å². The third-order valence-electron chi connectivity index (χ3n) is 2.23. The lowest BCUT2D eigenvalue weighted by atomic mass is 10.4. The van der Waals surface area contributed by atoms with Crippen molar-refractivity contribution in [3.05, 3.63) is 22.7 Å². The fraction of sp³-hybridized carbons (Fsp3) is 0.600. The number of hydrogen-bond acceptors (Lipinski definition) is 3. The molecule has 0 spiro atoms. The Hall–Kier alpha value is -1.32. The maximum absolute atomic E-state index is 11.8. The van der Waals surface area contributed by atoms with Gasteiger partial charge in [-0.15, -0.1) is 0 Å². The number of rotatable bonds is 3. The Balaban J connectivity index is 2.31. The molecule has 0 saturated heterocycles. The Kier molecular flexibility index (Phi) is 2.27. The Morgan fingerprint density at radius 2 is 2.29 bits per heavy atom. The summed E-state index contributed by atoms with van der Waals surface area (Å²) in [5, 5.41) is 3.05. The van der Waals surface area contributed by atoms with Gasteiger partial charge in [0.25, 0.3) is 5.56 Å². The molecule has 1 aromatic rings. The highest BCUT2D eigenvalue weighted by Gasteiger charge is 2.25. The summed E-state index contributed by atoms with van der Waals surface area (Å²) in [6.07, 6.45) is 5.69. The summed E-state index contributed by atoms with van der Waals surface area (Å²) in [4.78, 5) is 15.9. The van der Waals surface area contributed by atoms with Gasteiger partial charge in [-0.05, 0) is 26.7 Å². The van der Waals surface area contributed by atoms with Crippen LogP contribution in [0, 0.1) is 0 Å². The first kappa shape index (κ1) is 9.24. The number of aromatic nitrogens is 2. The standard InChI is InChI=1S/C10H15N3O/c1-7(2)12-9-10(14)13(6-5-11-9)8-3-4-8/h5-8H,3-4H2,1-2H3,(H,11,12). The summed E-state index contributed by atoms with van der Waals surface area (Å²) in [6.45, 7) is 3.99. The van der Waals surface area contributed by atoms with Crippen LogP contribution in [0.3, 0.4) is 0 Å². The first-order chi connectivity index (χ1) is 6.68. The Bertz CT molecular complexity index is 379. The number of nitrogens with zero attached hydrogens (tertiary/aromatic N) is 2. The van der Waals surface area contributed by atoms with E-state index in [2.05, 4.69) is 10.3 Å². The summed E-state index contributed by atoms with van der Waals surface area (Å²) < 4.78 is 1.78. The van der Waals surface area contributed by atoms with Crippen LogP contribution in [0.15, 0.2) is 17.2 Å². The molecule has 1 heterocycles. The smallest absolute Gasteiger partial charge is 0.293 e. The van der Waals surface area contributed by atoms with Gasteiger partial charge in [0.2, 0.25) is 0 Å².